The van der Waals surface area contributed by atoms with Gasteiger partial charge in [0.15, 0.2) is 0 Å². The van der Waals surface area contributed by atoms with Crippen molar-refractivity contribution in [2.24, 2.45) is 17.4 Å². The van der Waals surface area contributed by atoms with Crippen molar-refractivity contribution in [3.63, 3.8) is 0 Å². The zero-order valence-corrected chi connectivity index (χ0v) is 61.6. The van der Waals surface area contributed by atoms with E-state index < -0.39 is 145 Å². The van der Waals surface area contributed by atoms with Gasteiger partial charge in [0.25, 0.3) is 0 Å². The minimum atomic E-state index is -1.51. The number of likely N-dealkylation sites (tertiary alicyclic amines) is 1. The van der Waals surface area contributed by atoms with E-state index in [9.17, 15) is 52.7 Å². The predicted octanol–water partition coefficient (Wildman–Crippen LogP) is 6.11. The molecule has 1 aliphatic rings. The van der Waals surface area contributed by atoms with Crippen LogP contribution in [0.4, 0.5) is 14.4 Å². The van der Waals surface area contributed by atoms with E-state index in [1.165, 1.54) is 29.2 Å². The standard InChI is InChI=1S/C74H93BrClN11O18/c1-6-46(2)63(86-66(92)55(28-17-18-36-79-71(97)102-43-51-25-14-16-27-54(51)76)82-67(93)58(85-72(98)105-74(3,4)5)44-100-40-48-20-9-7-10-21-48)69(95)84-59(45-101-41-49-22-11-8-12-23-49)70(96)87-37-19-29-60(87)68(94)83-56(34-35-61(77)88)65(91)80-39-62(89)81-57(64(78)90)38-47-30-32-52(33-31-47)104-73(99)103-42-50-24-13-15-26-53(50)75/h7-16,20-27,30-33,46,55-60,63H,6,17-19,28-29,34-45H2,1-5H3,(H2,77,88)(H2,78,90)(H,79,97)(H,80,91)(H,81,89)(H,82,93)(H,83,94)(H,84,95)(H,85,98)(H,86,92)/t46-,55-,56-,57-,58-,59-,60-,63-/m0/s1. The van der Waals surface area contributed by atoms with Gasteiger partial charge >= 0.3 is 18.3 Å². The van der Waals surface area contributed by atoms with E-state index in [-0.39, 0.29) is 96.8 Å². The van der Waals surface area contributed by atoms with Gasteiger partial charge in [0.2, 0.25) is 53.2 Å². The topological polar surface area (TPSA) is 412 Å². The maximum absolute atomic E-state index is 15.0. The summed E-state index contributed by atoms with van der Waals surface area (Å²) in [4.78, 5) is 165. The number of nitrogens with two attached hydrogens (primary N) is 2. The highest BCUT2D eigenvalue weighted by Crippen LogP contribution is 2.23. The van der Waals surface area contributed by atoms with Gasteiger partial charge in [-0.05, 0) is 106 Å². The lowest BCUT2D eigenvalue weighted by molar-refractivity contribution is -0.144. The maximum Gasteiger partial charge on any atom is 0.514 e. The van der Waals surface area contributed by atoms with Crippen molar-refractivity contribution < 1.29 is 86.0 Å². The molecule has 1 fully saturated rings. The summed E-state index contributed by atoms with van der Waals surface area (Å²) < 4.78 is 34.0. The Hall–Kier alpha value is -10.2. The van der Waals surface area contributed by atoms with Gasteiger partial charge in [0.05, 0.1) is 33.0 Å². The fraction of sp³-hybridized carbons (Fsp3) is 0.432. The van der Waals surface area contributed by atoms with Crippen LogP contribution in [-0.4, -0.2) is 157 Å². The summed E-state index contributed by atoms with van der Waals surface area (Å²) in [6.07, 6.45) is -2.41. The normalized spacial score (nSPS) is 14.5. The fourth-order valence-corrected chi connectivity index (χ4v) is 11.3. The van der Waals surface area contributed by atoms with Gasteiger partial charge in [-0.2, -0.15) is 0 Å². The number of nitrogens with zero attached hydrogens (tertiary/aromatic N) is 1. The Kier molecular flexibility index (Phi) is 34.5. The minimum absolute atomic E-state index is 0.00519. The molecule has 6 rings (SSSR count). The zero-order chi connectivity index (χ0) is 76.4. The SMILES string of the molecule is CC[C@H](C)[C@H](NC(=O)[C@H](CCCCNC(=O)OCc1ccccc1Cl)NC(=O)[C@H](COCc1ccccc1)NC(=O)OC(C)(C)C)C(=O)N[C@@H](COCc1ccccc1)C(=O)N1CCC[C@H]1C(=O)N[C@@H](CCC(N)=O)C(=O)NCC(=O)N[C@@H](Cc1ccc(OC(=O)OCc2ccccc2Br)cc1)C(N)=O. The molecule has 0 spiro atoms. The molecule has 0 radical (unpaired) electrons. The number of hydrogen-bond donors (Lipinski definition) is 10. The van der Waals surface area contributed by atoms with Crippen LogP contribution in [0, 0.1) is 5.92 Å². The van der Waals surface area contributed by atoms with Crippen molar-refractivity contribution in [2.45, 2.75) is 167 Å². The summed E-state index contributed by atoms with van der Waals surface area (Å²) in [6, 6.07) is 28.2. The van der Waals surface area contributed by atoms with Crippen molar-refractivity contribution in [2.75, 3.05) is 32.8 Å². The molecule has 0 saturated carbocycles. The fourth-order valence-electron chi connectivity index (χ4n) is 10.7. The molecule has 29 nitrogen and oxygen atoms in total. The lowest BCUT2D eigenvalue weighted by atomic mass is 9.97. The number of nitrogens with one attached hydrogen (secondary N) is 8. The highest BCUT2D eigenvalue weighted by molar-refractivity contribution is 9.10. The smallest absolute Gasteiger partial charge is 0.445 e. The molecule has 0 aromatic heterocycles. The number of unbranched alkanes of at least 4 members (excludes halogenated alkanes) is 1. The molecular weight excluding hydrogens is 1450 g/mol. The minimum Gasteiger partial charge on any atom is -0.445 e. The number of amides is 11. The van der Waals surface area contributed by atoms with Gasteiger partial charge in [0.1, 0.15) is 66.9 Å². The Morgan fingerprint density at radius 2 is 1.18 bits per heavy atom. The average molecular weight is 1540 g/mol. The number of carbonyl (C=O) groups excluding carboxylic acids is 12. The van der Waals surface area contributed by atoms with Gasteiger partial charge in [-0.1, -0.05) is 157 Å². The van der Waals surface area contributed by atoms with Crippen molar-refractivity contribution in [3.8, 4) is 5.75 Å². The second-order valence-corrected chi connectivity index (χ2v) is 27.1. The summed E-state index contributed by atoms with van der Waals surface area (Å²) in [6.45, 7) is 6.81. The van der Waals surface area contributed by atoms with Crippen molar-refractivity contribution in [1.29, 1.82) is 0 Å². The van der Waals surface area contributed by atoms with Crippen LogP contribution in [0.1, 0.15) is 114 Å². The Balaban J connectivity index is 1.14. The first-order chi connectivity index (χ1) is 50.2. The van der Waals surface area contributed by atoms with Crippen LogP contribution in [0.3, 0.4) is 0 Å². The van der Waals surface area contributed by atoms with E-state index in [2.05, 4.69) is 58.5 Å². The number of primary amides is 2. The van der Waals surface area contributed by atoms with Crippen LogP contribution in [0.25, 0.3) is 0 Å². The van der Waals surface area contributed by atoms with E-state index in [4.69, 9.17) is 51.5 Å². The van der Waals surface area contributed by atoms with Crippen molar-refractivity contribution >= 4 is 99.0 Å². The van der Waals surface area contributed by atoms with Gasteiger partial charge in [0, 0.05) is 46.6 Å². The zero-order valence-electron chi connectivity index (χ0n) is 59.3. The molecule has 31 heteroatoms. The molecule has 0 aliphatic carbocycles. The van der Waals surface area contributed by atoms with Gasteiger partial charge in [-0.15, -0.1) is 0 Å². The molecule has 566 valence electrons. The van der Waals surface area contributed by atoms with E-state index in [1.54, 1.807) is 120 Å². The number of rotatable bonds is 40. The maximum atomic E-state index is 15.0. The van der Waals surface area contributed by atoms with Crippen LogP contribution in [0.5, 0.6) is 5.75 Å². The number of benzene rings is 5. The first kappa shape index (κ1) is 83.8. The number of ether oxygens (including phenoxy) is 6. The summed E-state index contributed by atoms with van der Waals surface area (Å²) in [5.74, 6) is -8.16. The van der Waals surface area contributed by atoms with Gasteiger partial charge < -0.3 is 87.3 Å². The molecule has 0 bridgehead atoms. The Labute approximate surface area is 622 Å². The lowest BCUT2D eigenvalue weighted by Crippen LogP contribution is -2.61. The molecule has 1 saturated heterocycles. The molecule has 105 heavy (non-hydrogen) atoms. The quantitative estimate of drug-likeness (QED) is 0.00914. The highest BCUT2D eigenvalue weighted by atomic mass is 79.9. The van der Waals surface area contributed by atoms with E-state index in [0.29, 0.717) is 22.6 Å². The predicted molar refractivity (Wildman–Crippen MR) is 388 cm³/mol. The third kappa shape index (κ3) is 29.8. The molecule has 8 atom stereocenters. The number of hydrogen-bond acceptors (Lipinski definition) is 18. The van der Waals surface area contributed by atoms with E-state index in [0.717, 1.165) is 21.2 Å². The Morgan fingerprint density at radius 3 is 1.80 bits per heavy atom. The summed E-state index contributed by atoms with van der Waals surface area (Å²) in [7, 11) is 0. The number of carbonyl (C=O) groups is 12. The summed E-state index contributed by atoms with van der Waals surface area (Å²) in [5, 5.41) is 21.4. The lowest BCUT2D eigenvalue weighted by Gasteiger charge is -2.32. The van der Waals surface area contributed by atoms with Gasteiger partial charge in [-0.25, -0.2) is 14.4 Å². The molecule has 12 N–H and O–H groups in total. The highest BCUT2D eigenvalue weighted by Gasteiger charge is 2.41. The second kappa shape index (κ2) is 43.2. The molecule has 11 amide bonds. The van der Waals surface area contributed by atoms with Crippen molar-refractivity contribution in [3.05, 3.63) is 171 Å². The number of alkyl carbamates (subject to hydrolysis) is 2. The van der Waals surface area contributed by atoms with Crippen LogP contribution in [-0.2, 0) is 99.7 Å². The molecule has 5 aromatic carbocycles. The second-order valence-electron chi connectivity index (χ2n) is 25.9. The molecule has 1 aliphatic heterocycles. The van der Waals surface area contributed by atoms with E-state index in [1.807, 2.05) is 24.3 Å². The first-order valence-corrected chi connectivity index (χ1v) is 35.5. The third-order valence-electron chi connectivity index (χ3n) is 16.5. The summed E-state index contributed by atoms with van der Waals surface area (Å²) >= 11 is 9.63. The Bertz CT molecular complexity index is 3740. The van der Waals surface area contributed by atoms with Gasteiger partial charge in [-0.3, -0.25) is 43.2 Å². The van der Waals surface area contributed by atoms with Crippen molar-refractivity contribution in [1.82, 2.24) is 47.4 Å². The molecular formula is C74H93BrClN11O18. The summed E-state index contributed by atoms with van der Waals surface area (Å²) in [5.41, 5.74) is 13.5. The van der Waals surface area contributed by atoms with E-state index >= 15 is 4.79 Å². The average Bonchev–Trinajstić information content (AvgIpc) is 1.68. The monoisotopic (exact) mass is 1540 g/mol. The largest absolute Gasteiger partial charge is 0.514 e. The van der Waals surface area contributed by atoms with Crippen LogP contribution in [0.2, 0.25) is 5.02 Å². The van der Waals surface area contributed by atoms with Crippen LogP contribution in [0.15, 0.2) is 138 Å². The molecule has 1 heterocycles. The van der Waals surface area contributed by atoms with Crippen LogP contribution < -0.4 is 58.7 Å². The van der Waals surface area contributed by atoms with Crippen LogP contribution >= 0.6 is 27.5 Å². The Morgan fingerprint density at radius 1 is 0.590 bits per heavy atom. The number of halogens is 2. The molecule has 5 aromatic rings. The molecule has 0 unspecified atom stereocenters. The third-order valence-corrected chi connectivity index (χ3v) is 17.6. The first-order valence-electron chi connectivity index (χ1n) is 34.4.